The molecule has 0 atom stereocenters. The Bertz CT molecular complexity index is 928. The van der Waals surface area contributed by atoms with Gasteiger partial charge in [-0.25, -0.2) is 9.37 Å². The Morgan fingerprint density at radius 2 is 2.04 bits per heavy atom. The highest BCUT2D eigenvalue weighted by Gasteiger charge is 2.23. The average molecular weight is 393 g/mol. The quantitative estimate of drug-likeness (QED) is 0.699. The van der Waals surface area contributed by atoms with Gasteiger partial charge in [0.2, 0.25) is 0 Å². The monoisotopic (exact) mass is 392 g/mol. The van der Waals surface area contributed by atoms with Crippen LogP contribution < -0.4 is 9.80 Å². The molecule has 0 saturated heterocycles. The van der Waals surface area contributed by atoms with Crippen molar-refractivity contribution in [3.8, 4) is 0 Å². The van der Waals surface area contributed by atoms with E-state index in [0.717, 1.165) is 17.7 Å². The van der Waals surface area contributed by atoms with E-state index in [2.05, 4.69) is 19.1 Å². The molecule has 1 heterocycles. The molecule has 2 aromatic carbocycles. The number of rotatable bonds is 6. The van der Waals surface area contributed by atoms with Gasteiger partial charge in [0.25, 0.3) is 5.91 Å². The molecule has 0 bridgehead atoms. The number of benzene rings is 2. The second kappa shape index (κ2) is 8.12. The summed E-state index contributed by atoms with van der Waals surface area (Å²) in [5, 5.41) is 0.970. The van der Waals surface area contributed by atoms with Crippen LogP contribution in [0.1, 0.15) is 16.8 Å². The van der Waals surface area contributed by atoms with Crippen molar-refractivity contribution in [3.63, 3.8) is 0 Å². The maximum atomic E-state index is 13.5. The normalized spacial score (nSPS) is 11.3. The Hall–Kier alpha value is -2.02. The van der Waals surface area contributed by atoms with E-state index >= 15 is 0 Å². The number of fused-ring (bicyclic) bond motifs is 1. The first-order valence-corrected chi connectivity index (χ1v) is 9.56. The van der Waals surface area contributed by atoms with Crippen molar-refractivity contribution in [2.45, 2.75) is 6.42 Å². The Kier molecular flexibility index (Phi) is 5.86. The van der Waals surface area contributed by atoms with Crippen LogP contribution in [-0.4, -0.2) is 38.1 Å². The minimum atomic E-state index is -0.312. The standard InChI is InChI=1S/C19H19ClFN3OS/c1-23(2)10-5-11-24(18(25)14-6-3-4-7-15(14)20)19-22-16-9-8-13(21)12-17(16)26-19/h3-4,6-9,12H,5,10-11H2,1-2H3/p+1. The third kappa shape index (κ3) is 4.20. The van der Waals surface area contributed by atoms with Crippen molar-refractivity contribution in [2.75, 3.05) is 32.1 Å². The van der Waals surface area contributed by atoms with Crippen LogP contribution in [0.3, 0.4) is 0 Å². The summed E-state index contributed by atoms with van der Waals surface area (Å²) in [5.74, 6) is -0.503. The summed E-state index contributed by atoms with van der Waals surface area (Å²) in [6.45, 7) is 1.45. The van der Waals surface area contributed by atoms with Gasteiger partial charge in [-0.05, 0) is 30.3 Å². The van der Waals surface area contributed by atoms with Gasteiger partial charge < -0.3 is 4.90 Å². The Morgan fingerprint density at radius 1 is 1.27 bits per heavy atom. The van der Waals surface area contributed by atoms with Gasteiger partial charge >= 0.3 is 0 Å². The molecule has 4 nitrogen and oxygen atoms in total. The van der Waals surface area contributed by atoms with Crippen LogP contribution in [0.25, 0.3) is 10.2 Å². The summed E-state index contributed by atoms with van der Waals surface area (Å²) in [5.41, 5.74) is 1.12. The molecule has 0 radical (unpaired) electrons. The van der Waals surface area contributed by atoms with E-state index in [9.17, 15) is 9.18 Å². The average Bonchev–Trinajstić information content (AvgIpc) is 3.01. The topological polar surface area (TPSA) is 37.6 Å². The summed E-state index contributed by atoms with van der Waals surface area (Å²) in [7, 11) is 4.14. The van der Waals surface area contributed by atoms with Crippen molar-refractivity contribution in [1.82, 2.24) is 4.98 Å². The fraction of sp³-hybridized carbons (Fsp3) is 0.263. The predicted molar refractivity (Wildman–Crippen MR) is 105 cm³/mol. The molecule has 1 N–H and O–H groups in total. The molecule has 0 aliphatic carbocycles. The fourth-order valence-electron chi connectivity index (χ4n) is 2.66. The number of quaternary nitrogens is 1. The number of nitrogens with zero attached hydrogens (tertiary/aromatic N) is 2. The number of carbonyl (C=O) groups is 1. The molecule has 0 aliphatic heterocycles. The zero-order valence-electron chi connectivity index (χ0n) is 14.6. The van der Waals surface area contributed by atoms with E-state index in [1.807, 2.05) is 0 Å². The minimum absolute atomic E-state index is 0.191. The number of aromatic nitrogens is 1. The minimum Gasteiger partial charge on any atom is -0.340 e. The summed E-state index contributed by atoms with van der Waals surface area (Å²) in [6.07, 6.45) is 0.822. The van der Waals surface area contributed by atoms with Gasteiger partial charge in [-0.3, -0.25) is 9.69 Å². The van der Waals surface area contributed by atoms with Gasteiger partial charge in [-0.1, -0.05) is 35.1 Å². The zero-order chi connectivity index (χ0) is 18.7. The first-order valence-electron chi connectivity index (χ1n) is 8.37. The van der Waals surface area contributed by atoms with E-state index in [-0.39, 0.29) is 11.7 Å². The predicted octanol–water partition coefficient (Wildman–Crippen LogP) is 3.27. The van der Waals surface area contributed by atoms with Gasteiger partial charge in [0.15, 0.2) is 5.13 Å². The van der Waals surface area contributed by atoms with Gasteiger partial charge in [-0.15, -0.1) is 0 Å². The first kappa shape index (κ1) is 18.8. The summed E-state index contributed by atoms with van der Waals surface area (Å²) < 4.78 is 14.2. The third-order valence-corrected chi connectivity index (χ3v) is 5.35. The highest BCUT2D eigenvalue weighted by Crippen LogP contribution is 2.31. The largest absolute Gasteiger partial charge is 0.340 e. The summed E-state index contributed by atoms with van der Waals surface area (Å²) >= 11 is 7.53. The molecule has 1 amide bonds. The molecule has 0 spiro atoms. The molecule has 136 valence electrons. The number of anilines is 1. The fourth-order valence-corrected chi connectivity index (χ4v) is 3.89. The Labute approximate surface area is 160 Å². The maximum Gasteiger partial charge on any atom is 0.261 e. The lowest BCUT2D eigenvalue weighted by molar-refractivity contribution is -0.858. The number of hydrogen-bond donors (Lipinski definition) is 1. The molecule has 3 aromatic rings. The van der Waals surface area contributed by atoms with Gasteiger partial charge in [0.1, 0.15) is 5.82 Å². The van der Waals surface area contributed by atoms with Crippen molar-refractivity contribution >= 4 is 44.2 Å². The lowest BCUT2D eigenvalue weighted by atomic mass is 10.2. The molecular formula is C19H20ClFN3OS+. The number of hydrogen-bond acceptors (Lipinski definition) is 3. The third-order valence-electron chi connectivity index (χ3n) is 3.98. The SMILES string of the molecule is C[NH+](C)CCCN(C(=O)c1ccccc1Cl)c1nc2ccc(F)cc2s1. The molecule has 0 saturated carbocycles. The number of carbonyl (C=O) groups excluding carboxylic acids is 1. The van der Waals surface area contributed by atoms with Crippen molar-refractivity contribution in [2.24, 2.45) is 0 Å². The van der Waals surface area contributed by atoms with E-state index in [0.29, 0.717) is 27.8 Å². The van der Waals surface area contributed by atoms with Crippen molar-refractivity contribution in [3.05, 3.63) is 58.9 Å². The first-order chi connectivity index (χ1) is 12.5. The molecular weight excluding hydrogens is 373 g/mol. The van der Waals surface area contributed by atoms with E-state index < -0.39 is 0 Å². The summed E-state index contributed by atoms with van der Waals surface area (Å²) in [6, 6.07) is 11.4. The number of halogens is 2. The van der Waals surface area contributed by atoms with Crippen LogP contribution in [0.2, 0.25) is 5.02 Å². The lowest BCUT2D eigenvalue weighted by Crippen LogP contribution is -3.05. The molecule has 26 heavy (non-hydrogen) atoms. The summed E-state index contributed by atoms with van der Waals surface area (Å²) in [4.78, 5) is 20.6. The Balaban J connectivity index is 1.96. The number of amides is 1. The molecule has 0 aliphatic rings. The molecule has 7 heteroatoms. The van der Waals surface area contributed by atoms with E-state index in [4.69, 9.17) is 11.6 Å². The smallest absolute Gasteiger partial charge is 0.261 e. The highest BCUT2D eigenvalue weighted by molar-refractivity contribution is 7.22. The maximum absolute atomic E-state index is 13.5. The van der Waals surface area contributed by atoms with Crippen LogP contribution in [0.15, 0.2) is 42.5 Å². The van der Waals surface area contributed by atoms with Crippen molar-refractivity contribution < 1.29 is 14.1 Å². The van der Waals surface area contributed by atoms with Crippen LogP contribution in [-0.2, 0) is 0 Å². The second-order valence-electron chi connectivity index (χ2n) is 6.36. The zero-order valence-corrected chi connectivity index (χ0v) is 16.2. The molecule has 3 rings (SSSR count). The van der Waals surface area contributed by atoms with Crippen LogP contribution in [0.5, 0.6) is 0 Å². The van der Waals surface area contributed by atoms with Crippen LogP contribution >= 0.6 is 22.9 Å². The second-order valence-corrected chi connectivity index (χ2v) is 7.77. The highest BCUT2D eigenvalue weighted by atomic mass is 35.5. The van der Waals surface area contributed by atoms with Crippen LogP contribution in [0, 0.1) is 5.82 Å². The Morgan fingerprint density at radius 3 is 2.77 bits per heavy atom. The number of nitrogens with one attached hydrogen (secondary N) is 1. The molecule has 1 aromatic heterocycles. The van der Waals surface area contributed by atoms with E-state index in [1.165, 1.54) is 28.4 Å². The van der Waals surface area contributed by atoms with Crippen LogP contribution in [0.4, 0.5) is 9.52 Å². The van der Waals surface area contributed by atoms with E-state index in [1.54, 1.807) is 35.2 Å². The number of thiazole rings is 1. The van der Waals surface area contributed by atoms with Gasteiger partial charge in [0, 0.05) is 13.0 Å². The lowest BCUT2D eigenvalue weighted by Gasteiger charge is -2.20. The van der Waals surface area contributed by atoms with Gasteiger partial charge in [0.05, 0.1) is 41.4 Å². The molecule has 0 unspecified atom stereocenters. The van der Waals surface area contributed by atoms with Crippen molar-refractivity contribution in [1.29, 1.82) is 0 Å². The van der Waals surface area contributed by atoms with Gasteiger partial charge in [-0.2, -0.15) is 0 Å². The molecule has 0 fully saturated rings.